The van der Waals surface area contributed by atoms with Crippen LogP contribution in [0, 0.1) is 5.92 Å². The van der Waals surface area contributed by atoms with Gasteiger partial charge in [0.05, 0.1) is 7.11 Å². The van der Waals surface area contributed by atoms with Gasteiger partial charge in [-0.1, -0.05) is 18.2 Å². The summed E-state index contributed by atoms with van der Waals surface area (Å²) in [5, 5.41) is 0. The highest BCUT2D eigenvalue weighted by Crippen LogP contribution is 2.37. The van der Waals surface area contributed by atoms with Gasteiger partial charge in [0.2, 0.25) is 0 Å². The minimum atomic E-state index is 0.443. The van der Waals surface area contributed by atoms with Gasteiger partial charge in [0.15, 0.2) is 0 Å². The molecular formula is C14H21NOS. The third-order valence-corrected chi connectivity index (χ3v) is 4.80. The molecule has 2 unspecified atom stereocenters. The van der Waals surface area contributed by atoms with Gasteiger partial charge in [-0.05, 0) is 48.4 Å². The lowest BCUT2D eigenvalue weighted by Crippen LogP contribution is -2.26. The second-order valence-corrected chi connectivity index (χ2v) is 5.71. The molecule has 0 bridgehead atoms. The van der Waals surface area contributed by atoms with Crippen molar-refractivity contribution in [2.24, 2.45) is 11.7 Å². The Balaban J connectivity index is 2.21. The van der Waals surface area contributed by atoms with Crippen LogP contribution < -0.4 is 10.5 Å². The zero-order valence-corrected chi connectivity index (χ0v) is 11.2. The van der Waals surface area contributed by atoms with E-state index in [2.05, 4.69) is 23.9 Å². The average Bonchev–Trinajstić information content (AvgIpc) is 2.41. The third-order valence-electron chi connectivity index (χ3n) is 3.56. The van der Waals surface area contributed by atoms with E-state index in [1.54, 1.807) is 7.11 Å². The summed E-state index contributed by atoms with van der Waals surface area (Å²) in [6.45, 7) is 0.714. The van der Waals surface area contributed by atoms with E-state index < -0.39 is 0 Å². The SMILES string of the molecule is COc1ccccc1C(CN)C1CCCSC1. The molecule has 0 amide bonds. The number of methoxy groups -OCH3 is 1. The smallest absolute Gasteiger partial charge is 0.122 e. The summed E-state index contributed by atoms with van der Waals surface area (Å²) in [6.07, 6.45) is 2.62. The first kappa shape index (κ1) is 12.8. The second-order valence-electron chi connectivity index (χ2n) is 4.56. The second kappa shape index (κ2) is 6.31. The van der Waals surface area contributed by atoms with Crippen molar-refractivity contribution < 1.29 is 4.74 Å². The fourth-order valence-electron chi connectivity index (χ4n) is 2.63. The molecule has 1 aromatic rings. The molecule has 1 aliphatic heterocycles. The summed E-state index contributed by atoms with van der Waals surface area (Å²) < 4.78 is 5.46. The van der Waals surface area contributed by atoms with Crippen molar-refractivity contribution in [3.8, 4) is 5.75 Å². The van der Waals surface area contributed by atoms with Gasteiger partial charge in [-0.2, -0.15) is 11.8 Å². The molecule has 0 aliphatic carbocycles. The molecular weight excluding hydrogens is 230 g/mol. The summed E-state index contributed by atoms with van der Waals surface area (Å²) in [5.74, 6) is 4.67. The highest BCUT2D eigenvalue weighted by atomic mass is 32.2. The van der Waals surface area contributed by atoms with Crippen molar-refractivity contribution in [1.29, 1.82) is 0 Å². The quantitative estimate of drug-likeness (QED) is 0.893. The van der Waals surface area contributed by atoms with Crippen LogP contribution in [0.15, 0.2) is 24.3 Å². The van der Waals surface area contributed by atoms with Crippen LogP contribution in [0.2, 0.25) is 0 Å². The van der Waals surface area contributed by atoms with Crippen molar-refractivity contribution in [3.63, 3.8) is 0 Å². The van der Waals surface area contributed by atoms with Crippen molar-refractivity contribution >= 4 is 11.8 Å². The van der Waals surface area contributed by atoms with Crippen molar-refractivity contribution in [2.75, 3.05) is 25.2 Å². The van der Waals surface area contributed by atoms with E-state index >= 15 is 0 Å². The van der Waals surface area contributed by atoms with E-state index in [0.717, 1.165) is 5.75 Å². The van der Waals surface area contributed by atoms with E-state index in [1.807, 2.05) is 12.1 Å². The first-order valence-corrected chi connectivity index (χ1v) is 7.43. The van der Waals surface area contributed by atoms with Gasteiger partial charge in [0.25, 0.3) is 0 Å². The topological polar surface area (TPSA) is 35.2 Å². The molecule has 1 fully saturated rings. The summed E-state index contributed by atoms with van der Waals surface area (Å²) >= 11 is 2.06. The van der Waals surface area contributed by atoms with E-state index in [1.165, 1.54) is 29.9 Å². The molecule has 0 saturated carbocycles. The number of rotatable bonds is 4. The van der Waals surface area contributed by atoms with Gasteiger partial charge in [-0.15, -0.1) is 0 Å². The van der Waals surface area contributed by atoms with E-state index in [9.17, 15) is 0 Å². The lowest BCUT2D eigenvalue weighted by atomic mass is 9.84. The Bertz CT molecular complexity index is 350. The monoisotopic (exact) mass is 251 g/mol. The molecule has 2 rings (SSSR count). The summed E-state index contributed by atoms with van der Waals surface area (Å²) in [5.41, 5.74) is 7.28. The fourth-order valence-corrected chi connectivity index (χ4v) is 3.87. The predicted molar refractivity (Wildman–Crippen MR) is 74.8 cm³/mol. The van der Waals surface area contributed by atoms with Crippen LogP contribution in [-0.4, -0.2) is 25.2 Å². The summed E-state index contributed by atoms with van der Waals surface area (Å²) in [6, 6.07) is 8.30. The maximum Gasteiger partial charge on any atom is 0.122 e. The molecule has 1 saturated heterocycles. The van der Waals surface area contributed by atoms with Gasteiger partial charge in [0, 0.05) is 5.92 Å². The Labute approximate surface area is 108 Å². The molecule has 17 heavy (non-hydrogen) atoms. The van der Waals surface area contributed by atoms with Crippen LogP contribution in [0.25, 0.3) is 0 Å². The van der Waals surface area contributed by atoms with Crippen LogP contribution in [0.1, 0.15) is 24.3 Å². The molecule has 1 heterocycles. The van der Waals surface area contributed by atoms with Crippen LogP contribution in [0.4, 0.5) is 0 Å². The van der Waals surface area contributed by atoms with Gasteiger partial charge in [-0.25, -0.2) is 0 Å². The minimum absolute atomic E-state index is 0.443. The summed E-state index contributed by atoms with van der Waals surface area (Å²) in [4.78, 5) is 0. The first-order chi connectivity index (χ1) is 8.36. The number of benzene rings is 1. The van der Waals surface area contributed by atoms with Gasteiger partial charge < -0.3 is 10.5 Å². The van der Waals surface area contributed by atoms with Crippen molar-refractivity contribution in [2.45, 2.75) is 18.8 Å². The van der Waals surface area contributed by atoms with E-state index in [0.29, 0.717) is 18.4 Å². The Morgan fingerprint density at radius 1 is 1.47 bits per heavy atom. The maximum atomic E-state index is 5.99. The van der Waals surface area contributed by atoms with E-state index in [4.69, 9.17) is 10.5 Å². The van der Waals surface area contributed by atoms with Crippen LogP contribution in [0.5, 0.6) is 5.75 Å². The minimum Gasteiger partial charge on any atom is -0.496 e. The number of nitrogens with two attached hydrogens (primary N) is 1. The normalized spacial score (nSPS) is 22.1. The van der Waals surface area contributed by atoms with Crippen molar-refractivity contribution in [3.05, 3.63) is 29.8 Å². The van der Waals surface area contributed by atoms with Gasteiger partial charge in [0.1, 0.15) is 5.75 Å². The van der Waals surface area contributed by atoms with Crippen LogP contribution in [-0.2, 0) is 0 Å². The largest absolute Gasteiger partial charge is 0.496 e. The number of hydrogen-bond donors (Lipinski definition) is 1. The molecule has 2 N–H and O–H groups in total. The van der Waals surface area contributed by atoms with Crippen LogP contribution >= 0.6 is 11.8 Å². The predicted octanol–water partition coefficient (Wildman–Crippen LogP) is 2.88. The molecule has 94 valence electrons. The van der Waals surface area contributed by atoms with Crippen molar-refractivity contribution in [1.82, 2.24) is 0 Å². The Kier molecular flexibility index (Phi) is 4.75. The van der Waals surface area contributed by atoms with Gasteiger partial charge in [-0.3, -0.25) is 0 Å². The molecule has 3 heteroatoms. The Morgan fingerprint density at radius 3 is 2.94 bits per heavy atom. The third kappa shape index (κ3) is 2.96. The molecule has 0 spiro atoms. The lowest BCUT2D eigenvalue weighted by molar-refractivity contribution is 0.382. The molecule has 1 aliphatic rings. The molecule has 2 atom stereocenters. The number of ether oxygens (including phenoxy) is 1. The Morgan fingerprint density at radius 2 is 2.29 bits per heavy atom. The number of thioether (sulfide) groups is 1. The summed E-state index contributed by atoms with van der Waals surface area (Å²) in [7, 11) is 1.74. The lowest BCUT2D eigenvalue weighted by Gasteiger charge is -2.30. The molecule has 2 nitrogen and oxygen atoms in total. The van der Waals surface area contributed by atoms with E-state index in [-0.39, 0.29) is 0 Å². The van der Waals surface area contributed by atoms with Gasteiger partial charge >= 0.3 is 0 Å². The highest BCUT2D eigenvalue weighted by Gasteiger charge is 2.26. The average molecular weight is 251 g/mol. The zero-order valence-electron chi connectivity index (χ0n) is 10.4. The first-order valence-electron chi connectivity index (χ1n) is 6.27. The van der Waals surface area contributed by atoms with Crippen LogP contribution in [0.3, 0.4) is 0 Å². The zero-order chi connectivity index (χ0) is 12.1. The molecule has 0 aromatic heterocycles. The molecule has 0 radical (unpaired) electrons. The number of hydrogen-bond acceptors (Lipinski definition) is 3. The maximum absolute atomic E-state index is 5.99. The molecule has 1 aromatic carbocycles. The Hall–Kier alpha value is -0.670. The standard InChI is InChI=1S/C14H21NOS/c1-16-14-7-3-2-6-12(14)13(9-15)11-5-4-8-17-10-11/h2-3,6-7,11,13H,4-5,8-10,15H2,1H3. The fraction of sp³-hybridized carbons (Fsp3) is 0.571. The number of para-hydroxylation sites is 1. The highest BCUT2D eigenvalue weighted by molar-refractivity contribution is 7.99.